The second-order valence-electron chi connectivity index (χ2n) is 6.51. The maximum absolute atomic E-state index is 11.6. The molecule has 2 aliphatic rings. The third-order valence-electron chi connectivity index (χ3n) is 5.36. The number of allylic oxidation sites excluding steroid dienone is 2. The summed E-state index contributed by atoms with van der Waals surface area (Å²) >= 11 is 0. The number of ketones is 1. The normalized spacial score (nSPS) is 39.8. The van der Waals surface area contributed by atoms with Crippen molar-refractivity contribution in [1.82, 2.24) is 0 Å². The summed E-state index contributed by atoms with van der Waals surface area (Å²) in [4.78, 5) is 11.6. The Morgan fingerprint density at radius 3 is 2.78 bits per heavy atom. The molecule has 2 aliphatic carbocycles. The van der Waals surface area contributed by atoms with E-state index in [2.05, 4.69) is 6.92 Å². The molecule has 3 heteroatoms. The molecule has 102 valence electrons. The number of aliphatic hydroxyl groups is 2. The summed E-state index contributed by atoms with van der Waals surface area (Å²) < 4.78 is 0. The maximum atomic E-state index is 11.6. The molecule has 0 aliphatic heterocycles. The molecular formula is C15H24O3. The Bertz CT molecular complexity index is 383. The van der Waals surface area contributed by atoms with Crippen LogP contribution in [-0.4, -0.2) is 28.2 Å². The van der Waals surface area contributed by atoms with Crippen molar-refractivity contribution in [1.29, 1.82) is 0 Å². The van der Waals surface area contributed by atoms with E-state index in [0.29, 0.717) is 12.3 Å². The second-order valence-corrected chi connectivity index (χ2v) is 6.51. The summed E-state index contributed by atoms with van der Waals surface area (Å²) in [6.07, 6.45) is 5.24. The monoisotopic (exact) mass is 252 g/mol. The summed E-state index contributed by atoms with van der Waals surface area (Å²) in [5.41, 5.74) is 0.241. The van der Waals surface area contributed by atoms with Crippen molar-refractivity contribution in [3.63, 3.8) is 0 Å². The number of hydrogen-bond donors (Lipinski definition) is 2. The van der Waals surface area contributed by atoms with Gasteiger partial charge in [0.15, 0.2) is 5.78 Å². The Morgan fingerprint density at radius 2 is 2.22 bits per heavy atom. The van der Waals surface area contributed by atoms with Crippen LogP contribution in [0.15, 0.2) is 11.6 Å². The molecule has 0 unspecified atom stereocenters. The lowest BCUT2D eigenvalue weighted by molar-refractivity contribution is -0.117. The lowest BCUT2D eigenvalue weighted by Gasteiger charge is -2.40. The van der Waals surface area contributed by atoms with Crippen LogP contribution in [0.1, 0.15) is 46.5 Å². The molecule has 0 aromatic rings. The highest BCUT2D eigenvalue weighted by atomic mass is 16.3. The Labute approximate surface area is 109 Å². The van der Waals surface area contributed by atoms with Gasteiger partial charge in [0.05, 0.1) is 12.2 Å². The molecule has 1 spiro atoms. The number of hydrogen-bond acceptors (Lipinski definition) is 3. The summed E-state index contributed by atoms with van der Waals surface area (Å²) in [5.74, 6) is 0.694. The lowest BCUT2D eigenvalue weighted by Crippen LogP contribution is -2.39. The summed E-state index contributed by atoms with van der Waals surface area (Å²) in [7, 11) is 0. The largest absolute Gasteiger partial charge is 0.393 e. The number of carbonyl (C=O) groups is 1. The SMILES string of the molecule is CC1=CC(=O)C[C@H](C)[C@@]12CC[C@@H]([C@](C)(O)CO)C2. The average molecular weight is 252 g/mol. The Morgan fingerprint density at radius 1 is 1.56 bits per heavy atom. The van der Waals surface area contributed by atoms with Crippen LogP contribution in [0.2, 0.25) is 0 Å². The fraction of sp³-hybridized carbons (Fsp3) is 0.800. The molecule has 3 nitrogen and oxygen atoms in total. The van der Waals surface area contributed by atoms with Crippen molar-refractivity contribution < 1.29 is 15.0 Å². The Kier molecular flexibility index (Phi) is 3.41. The van der Waals surface area contributed by atoms with E-state index in [9.17, 15) is 15.0 Å². The van der Waals surface area contributed by atoms with E-state index in [1.54, 1.807) is 13.0 Å². The fourth-order valence-corrected chi connectivity index (χ4v) is 3.87. The molecule has 0 radical (unpaired) electrons. The molecule has 18 heavy (non-hydrogen) atoms. The highest BCUT2D eigenvalue weighted by Crippen LogP contribution is 2.56. The van der Waals surface area contributed by atoms with Gasteiger partial charge in [0.2, 0.25) is 0 Å². The van der Waals surface area contributed by atoms with E-state index in [0.717, 1.165) is 19.3 Å². The van der Waals surface area contributed by atoms with Gasteiger partial charge in [-0.25, -0.2) is 0 Å². The fourth-order valence-electron chi connectivity index (χ4n) is 3.87. The highest BCUT2D eigenvalue weighted by molar-refractivity contribution is 5.91. The second kappa shape index (κ2) is 4.46. The van der Waals surface area contributed by atoms with Gasteiger partial charge in [-0.2, -0.15) is 0 Å². The topological polar surface area (TPSA) is 57.5 Å². The minimum absolute atomic E-state index is 0.0672. The molecule has 0 heterocycles. The minimum Gasteiger partial charge on any atom is -0.393 e. The van der Waals surface area contributed by atoms with Gasteiger partial charge in [0.25, 0.3) is 0 Å². The number of carbonyl (C=O) groups excluding carboxylic acids is 1. The van der Waals surface area contributed by atoms with Gasteiger partial charge in [-0.1, -0.05) is 12.5 Å². The smallest absolute Gasteiger partial charge is 0.155 e. The lowest BCUT2D eigenvalue weighted by atomic mass is 9.64. The van der Waals surface area contributed by atoms with Crippen LogP contribution in [0.25, 0.3) is 0 Å². The van der Waals surface area contributed by atoms with Crippen LogP contribution >= 0.6 is 0 Å². The first-order valence-electron chi connectivity index (χ1n) is 6.86. The molecule has 0 bridgehead atoms. The summed E-state index contributed by atoms with van der Waals surface area (Å²) in [6.45, 7) is 5.71. The van der Waals surface area contributed by atoms with Crippen LogP contribution < -0.4 is 0 Å². The van der Waals surface area contributed by atoms with Gasteiger partial charge in [-0.05, 0) is 56.4 Å². The van der Waals surface area contributed by atoms with Gasteiger partial charge in [0, 0.05) is 6.42 Å². The van der Waals surface area contributed by atoms with Crippen molar-refractivity contribution in [2.45, 2.75) is 52.1 Å². The van der Waals surface area contributed by atoms with Crippen LogP contribution in [0, 0.1) is 17.3 Å². The maximum Gasteiger partial charge on any atom is 0.155 e. The molecule has 0 aromatic heterocycles. The first-order valence-corrected chi connectivity index (χ1v) is 6.86. The predicted molar refractivity (Wildman–Crippen MR) is 70.0 cm³/mol. The van der Waals surface area contributed by atoms with Gasteiger partial charge in [-0.15, -0.1) is 0 Å². The zero-order valence-corrected chi connectivity index (χ0v) is 11.6. The molecule has 0 saturated heterocycles. The molecule has 2 N–H and O–H groups in total. The van der Waals surface area contributed by atoms with Crippen molar-refractivity contribution in [3.05, 3.63) is 11.6 Å². The van der Waals surface area contributed by atoms with Crippen molar-refractivity contribution >= 4 is 5.78 Å². The molecule has 0 aromatic carbocycles. The van der Waals surface area contributed by atoms with Crippen LogP contribution in [0.4, 0.5) is 0 Å². The third-order valence-corrected chi connectivity index (χ3v) is 5.36. The molecule has 0 amide bonds. The molecule has 1 fully saturated rings. The number of aliphatic hydroxyl groups excluding tert-OH is 1. The number of rotatable bonds is 2. The van der Waals surface area contributed by atoms with Crippen LogP contribution in [0.5, 0.6) is 0 Å². The third kappa shape index (κ3) is 2.04. The van der Waals surface area contributed by atoms with Crippen molar-refractivity contribution in [3.8, 4) is 0 Å². The zero-order valence-electron chi connectivity index (χ0n) is 11.6. The average Bonchev–Trinajstić information content (AvgIpc) is 2.73. The van der Waals surface area contributed by atoms with Gasteiger partial charge >= 0.3 is 0 Å². The van der Waals surface area contributed by atoms with E-state index >= 15 is 0 Å². The molecular weight excluding hydrogens is 228 g/mol. The molecule has 4 atom stereocenters. The van der Waals surface area contributed by atoms with Gasteiger partial charge in [-0.3, -0.25) is 4.79 Å². The molecule has 2 rings (SSSR count). The van der Waals surface area contributed by atoms with Gasteiger partial charge < -0.3 is 10.2 Å². The quantitative estimate of drug-likeness (QED) is 0.791. The van der Waals surface area contributed by atoms with E-state index in [1.165, 1.54) is 5.57 Å². The predicted octanol–water partition coefficient (Wildman–Crippen LogP) is 2.07. The highest BCUT2D eigenvalue weighted by Gasteiger charge is 2.50. The molecule has 1 saturated carbocycles. The minimum atomic E-state index is -0.995. The summed E-state index contributed by atoms with van der Waals surface area (Å²) in [6, 6.07) is 0. The Hall–Kier alpha value is -0.670. The van der Waals surface area contributed by atoms with Crippen molar-refractivity contribution in [2.75, 3.05) is 6.61 Å². The van der Waals surface area contributed by atoms with E-state index in [-0.39, 0.29) is 23.7 Å². The standard InChI is InChI=1S/C15H24O3/c1-10-6-13(17)7-11(2)15(10)5-4-12(8-15)14(3,18)9-16/h6,11-12,16,18H,4-5,7-9H2,1-3H3/t11-,12+,14+,15+/m0/s1. The van der Waals surface area contributed by atoms with E-state index < -0.39 is 5.60 Å². The summed E-state index contributed by atoms with van der Waals surface area (Å²) in [5, 5.41) is 19.5. The van der Waals surface area contributed by atoms with Crippen LogP contribution in [-0.2, 0) is 4.79 Å². The van der Waals surface area contributed by atoms with Crippen molar-refractivity contribution in [2.24, 2.45) is 17.3 Å². The van der Waals surface area contributed by atoms with Crippen LogP contribution in [0.3, 0.4) is 0 Å². The Balaban J connectivity index is 2.25. The first kappa shape index (κ1) is 13.8. The van der Waals surface area contributed by atoms with E-state index in [4.69, 9.17) is 0 Å². The zero-order chi connectivity index (χ0) is 13.6. The van der Waals surface area contributed by atoms with Gasteiger partial charge in [0.1, 0.15) is 0 Å². The van der Waals surface area contributed by atoms with E-state index in [1.807, 2.05) is 6.92 Å². The first-order chi connectivity index (χ1) is 8.32.